The van der Waals surface area contributed by atoms with Crippen molar-refractivity contribution >= 4 is 6.09 Å². The number of amides is 1. The lowest BCUT2D eigenvalue weighted by atomic mass is 9.98. The average molecular weight is 318 g/mol. The first-order chi connectivity index (χ1) is 10.1. The van der Waals surface area contributed by atoms with Gasteiger partial charge in [0.25, 0.3) is 0 Å². The molecule has 7 heteroatoms. The Kier molecular flexibility index (Phi) is 6.22. The SMILES string of the molecule is CC(C)(C)OC(=O)NCC(CN)Cc1cc(F)c(F)cc1F. The normalized spacial score (nSPS) is 12.9. The molecule has 0 fully saturated rings. The second-order valence-electron chi connectivity index (χ2n) is 6.05. The van der Waals surface area contributed by atoms with Gasteiger partial charge in [0.2, 0.25) is 0 Å². The van der Waals surface area contributed by atoms with Crippen molar-refractivity contribution in [3.8, 4) is 0 Å². The zero-order valence-corrected chi connectivity index (χ0v) is 12.9. The monoisotopic (exact) mass is 318 g/mol. The molecule has 0 aliphatic heterocycles. The minimum absolute atomic E-state index is 0.0142. The van der Waals surface area contributed by atoms with Crippen LogP contribution in [0, 0.1) is 23.4 Å². The molecule has 4 nitrogen and oxygen atoms in total. The van der Waals surface area contributed by atoms with E-state index in [1.807, 2.05) is 0 Å². The van der Waals surface area contributed by atoms with Crippen LogP contribution < -0.4 is 11.1 Å². The number of hydrogen-bond donors (Lipinski definition) is 2. The maximum Gasteiger partial charge on any atom is 0.407 e. The highest BCUT2D eigenvalue weighted by Gasteiger charge is 2.18. The summed E-state index contributed by atoms with van der Waals surface area (Å²) < 4.78 is 44.7. The van der Waals surface area contributed by atoms with E-state index >= 15 is 0 Å². The van der Waals surface area contributed by atoms with Crippen LogP contribution in [-0.4, -0.2) is 24.8 Å². The Morgan fingerprint density at radius 1 is 1.23 bits per heavy atom. The van der Waals surface area contributed by atoms with E-state index in [0.717, 1.165) is 6.07 Å². The Hall–Kier alpha value is -1.76. The van der Waals surface area contributed by atoms with Gasteiger partial charge < -0.3 is 15.8 Å². The van der Waals surface area contributed by atoms with Gasteiger partial charge in [0.15, 0.2) is 11.6 Å². The maximum absolute atomic E-state index is 13.6. The summed E-state index contributed by atoms with van der Waals surface area (Å²) in [7, 11) is 0. The molecule has 22 heavy (non-hydrogen) atoms. The first-order valence-corrected chi connectivity index (χ1v) is 6.92. The number of benzene rings is 1. The van der Waals surface area contributed by atoms with Crippen LogP contribution in [0.15, 0.2) is 12.1 Å². The predicted molar refractivity (Wildman–Crippen MR) is 76.8 cm³/mol. The van der Waals surface area contributed by atoms with Crippen LogP contribution in [0.4, 0.5) is 18.0 Å². The molecule has 1 amide bonds. The molecule has 1 aromatic carbocycles. The summed E-state index contributed by atoms with van der Waals surface area (Å²) in [6.45, 7) is 5.47. The third kappa shape index (κ3) is 5.93. The lowest BCUT2D eigenvalue weighted by Gasteiger charge is -2.21. The summed E-state index contributed by atoms with van der Waals surface area (Å²) in [4.78, 5) is 11.5. The van der Waals surface area contributed by atoms with Crippen molar-refractivity contribution in [3.63, 3.8) is 0 Å². The summed E-state index contributed by atoms with van der Waals surface area (Å²) in [5.41, 5.74) is 4.95. The van der Waals surface area contributed by atoms with Gasteiger partial charge in [-0.3, -0.25) is 0 Å². The zero-order valence-electron chi connectivity index (χ0n) is 12.9. The highest BCUT2D eigenvalue weighted by Crippen LogP contribution is 2.17. The van der Waals surface area contributed by atoms with Crippen LogP contribution in [-0.2, 0) is 11.2 Å². The Morgan fingerprint density at radius 3 is 2.36 bits per heavy atom. The number of ether oxygens (including phenoxy) is 1. The molecular weight excluding hydrogens is 297 g/mol. The molecule has 1 unspecified atom stereocenters. The number of hydrogen-bond acceptors (Lipinski definition) is 3. The minimum Gasteiger partial charge on any atom is -0.444 e. The Balaban J connectivity index is 2.63. The quantitative estimate of drug-likeness (QED) is 0.821. The molecule has 0 heterocycles. The van der Waals surface area contributed by atoms with Gasteiger partial charge in [0.1, 0.15) is 11.4 Å². The molecule has 0 bridgehead atoms. The van der Waals surface area contributed by atoms with Gasteiger partial charge in [0, 0.05) is 12.6 Å². The lowest BCUT2D eigenvalue weighted by Crippen LogP contribution is -2.37. The Morgan fingerprint density at radius 2 is 1.82 bits per heavy atom. The Bertz CT molecular complexity index is 530. The molecular formula is C15H21F3N2O2. The molecule has 0 saturated heterocycles. The zero-order chi connectivity index (χ0) is 16.9. The fourth-order valence-electron chi connectivity index (χ4n) is 1.81. The number of alkyl carbamates (subject to hydrolysis) is 1. The highest BCUT2D eigenvalue weighted by atomic mass is 19.2. The molecule has 0 spiro atoms. The number of halogens is 3. The Labute approximate surface area is 127 Å². The molecule has 124 valence electrons. The van der Waals surface area contributed by atoms with Crippen molar-refractivity contribution in [2.45, 2.75) is 32.8 Å². The molecule has 1 rings (SSSR count). The van der Waals surface area contributed by atoms with E-state index in [-0.39, 0.29) is 31.0 Å². The number of nitrogens with two attached hydrogens (primary N) is 1. The van der Waals surface area contributed by atoms with Crippen LogP contribution in [0.3, 0.4) is 0 Å². The topological polar surface area (TPSA) is 64.3 Å². The summed E-state index contributed by atoms with van der Waals surface area (Å²) in [6, 6.07) is 1.31. The second-order valence-corrected chi connectivity index (χ2v) is 6.05. The number of nitrogens with one attached hydrogen (secondary N) is 1. The smallest absolute Gasteiger partial charge is 0.407 e. The molecule has 0 radical (unpaired) electrons. The molecule has 0 aliphatic carbocycles. The molecule has 0 saturated carbocycles. The van der Waals surface area contributed by atoms with Crippen molar-refractivity contribution < 1.29 is 22.7 Å². The fourth-order valence-corrected chi connectivity index (χ4v) is 1.81. The van der Waals surface area contributed by atoms with E-state index in [2.05, 4.69) is 5.32 Å². The predicted octanol–water partition coefficient (Wildman–Crippen LogP) is 2.75. The first-order valence-electron chi connectivity index (χ1n) is 6.92. The van der Waals surface area contributed by atoms with Crippen LogP contribution in [0.1, 0.15) is 26.3 Å². The van der Waals surface area contributed by atoms with E-state index in [0.29, 0.717) is 6.07 Å². The first kappa shape index (κ1) is 18.3. The van der Waals surface area contributed by atoms with E-state index in [1.54, 1.807) is 20.8 Å². The van der Waals surface area contributed by atoms with Crippen molar-refractivity contribution in [2.75, 3.05) is 13.1 Å². The number of rotatable bonds is 5. The van der Waals surface area contributed by atoms with Gasteiger partial charge in [-0.05, 0) is 51.3 Å². The third-order valence-electron chi connectivity index (χ3n) is 2.87. The molecule has 0 aromatic heterocycles. The fraction of sp³-hybridized carbons (Fsp3) is 0.533. The van der Waals surface area contributed by atoms with Crippen LogP contribution >= 0.6 is 0 Å². The van der Waals surface area contributed by atoms with Gasteiger partial charge in [-0.1, -0.05) is 0 Å². The van der Waals surface area contributed by atoms with Crippen molar-refractivity contribution in [1.29, 1.82) is 0 Å². The third-order valence-corrected chi connectivity index (χ3v) is 2.87. The van der Waals surface area contributed by atoms with E-state index in [9.17, 15) is 18.0 Å². The van der Waals surface area contributed by atoms with Crippen LogP contribution in [0.2, 0.25) is 0 Å². The van der Waals surface area contributed by atoms with Crippen LogP contribution in [0.5, 0.6) is 0 Å². The molecule has 3 N–H and O–H groups in total. The van der Waals surface area contributed by atoms with Gasteiger partial charge in [-0.2, -0.15) is 0 Å². The number of carbonyl (C=O) groups is 1. The molecule has 1 atom stereocenters. The highest BCUT2D eigenvalue weighted by molar-refractivity contribution is 5.67. The van der Waals surface area contributed by atoms with E-state index in [4.69, 9.17) is 10.5 Å². The summed E-state index contributed by atoms with van der Waals surface area (Å²) in [5.74, 6) is -3.52. The van der Waals surface area contributed by atoms with Crippen molar-refractivity contribution in [1.82, 2.24) is 5.32 Å². The summed E-state index contributed by atoms with van der Waals surface area (Å²) in [5, 5.41) is 2.52. The number of carbonyl (C=O) groups excluding carboxylic acids is 1. The van der Waals surface area contributed by atoms with Crippen LogP contribution in [0.25, 0.3) is 0 Å². The van der Waals surface area contributed by atoms with Gasteiger partial charge >= 0.3 is 6.09 Å². The average Bonchev–Trinajstić information content (AvgIpc) is 2.38. The van der Waals surface area contributed by atoms with E-state index in [1.165, 1.54) is 0 Å². The standard InChI is InChI=1S/C15H21F3N2O2/c1-15(2,3)22-14(21)20-8-9(7-19)4-10-5-12(17)13(18)6-11(10)16/h5-6,9H,4,7-8,19H2,1-3H3,(H,20,21). The van der Waals surface area contributed by atoms with Gasteiger partial charge in [-0.15, -0.1) is 0 Å². The van der Waals surface area contributed by atoms with E-state index < -0.39 is 29.1 Å². The summed E-state index contributed by atoms with van der Waals surface area (Å²) in [6.07, 6.45) is -0.535. The summed E-state index contributed by atoms with van der Waals surface area (Å²) >= 11 is 0. The van der Waals surface area contributed by atoms with Gasteiger partial charge in [0.05, 0.1) is 0 Å². The molecule has 0 aliphatic rings. The minimum atomic E-state index is -1.24. The second kappa shape index (κ2) is 7.49. The van der Waals surface area contributed by atoms with Gasteiger partial charge in [-0.25, -0.2) is 18.0 Å². The van der Waals surface area contributed by atoms with Crippen molar-refractivity contribution in [2.24, 2.45) is 11.7 Å². The largest absolute Gasteiger partial charge is 0.444 e. The maximum atomic E-state index is 13.6. The lowest BCUT2D eigenvalue weighted by molar-refractivity contribution is 0.0519. The van der Waals surface area contributed by atoms with Crippen molar-refractivity contribution in [3.05, 3.63) is 35.1 Å². The molecule has 1 aromatic rings.